The van der Waals surface area contributed by atoms with Crippen molar-refractivity contribution in [2.45, 2.75) is 271 Å². The average molecular weight is 874 g/mol. The van der Waals surface area contributed by atoms with Gasteiger partial charge in [0.1, 0.15) is 23.6 Å². The minimum atomic E-state index is -0.439. The summed E-state index contributed by atoms with van der Waals surface area (Å²) in [5, 5.41) is 6.02. The summed E-state index contributed by atoms with van der Waals surface area (Å²) in [7, 11) is 1.67. The van der Waals surface area contributed by atoms with Gasteiger partial charge < -0.3 is 25.0 Å². The highest BCUT2D eigenvalue weighted by Gasteiger charge is 2.19. The Morgan fingerprint density at radius 2 is 0.806 bits per heavy atom. The van der Waals surface area contributed by atoms with Gasteiger partial charge in [-0.25, -0.2) is 0 Å². The molecule has 2 atom stereocenters. The van der Waals surface area contributed by atoms with Crippen LogP contribution in [0.1, 0.15) is 259 Å². The zero-order valence-corrected chi connectivity index (χ0v) is 41.3. The molecule has 0 aliphatic carbocycles. The molecule has 0 saturated carbocycles. The molecule has 0 fully saturated rings. The third kappa shape index (κ3) is 30.6. The van der Waals surface area contributed by atoms with Crippen LogP contribution in [0.15, 0.2) is 9.59 Å². The lowest BCUT2D eigenvalue weighted by Gasteiger charge is -2.23. The second kappa shape index (κ2) is 41.3. The number of nitrogens with one attached hydrogen (secondary N) is 2. The summed E-state index contributed by atoms with van der Waals surface area (Å²) in [5.74, 6) is -0.0344. The number of carbonyl (C=O) groups excluding carboxylic acids is 2. The van der Waals surface area contributed by atoms with Crippen molar-refractivity contribution in [3.8, 4) is 0 Å². The van der Waals surface area contributed by atoms with Crippen LogP contribution in [-0.4, -0.2) is 62.3 Å². The van der Waals surface area contributed by atoms with Gasteiger partial charge in [0.15, 0.2) is 0 Å². The maximum Gasteiger partial charge on any atom is 0.306 e. The second-order valence-electron chi connectivity index (χ2n) is 18.5. The lowest BCUT2D eigenvalue weighted by molar-refractivity contribution is -0.150. The molecule has 0 aromatic heterocycles. The normalized spacial score (nSPS) is 12.5. The summed E-state index contributed by atoms with van der Waals surface area (Å²) in [4.78, 5) is 51.7. The molecule has 2 N–H and O–H groups in total. The summed E-state index contributed by atoms with van der Waals surface area (Å²) < 4.78 is 11.9. The number of hydrogen-bond acceptors (Lipinski definition) is 9. The van der Waals surface area contributed by atoms with Crippen molar-refractivity contribution >= 4 is 23.3 Å². The van der Waals surface area contributed by atoms with Crippen LogP contribution < -0.4 is 21.5 Å². The van der Waals surface area contributed by atoms with E-state index in [1.54, 1.807) is 7.05 Å². The smallest absolute Gasteiger partial charge is 0.306 e. The number of hydrogen-bond donors (Lipinski definition) is 2. The Balaban J connectivity index is 2.41. The number of carbonyl (C=O) groups is 2. The quantitative estimate of drug-likeness (QED) is 0.0375. The maximum atomic E-state index is 12.9. The Morgan fingerprint density at radius 3 is 1.24 bits per heavy atom. The molecule has 0 radical (unpaired) electrons. The molecule has 0 saturated heterocycles. The molecule has 0 spiro atoms. The van der Waals surface area contributed by atoms with Crippen molar-refractivity contribution < 1.29 is 19.1 Å². The third-order valence-corrected chi connectivity index (χ3v) is 12.8. The van der Waals surface area contributed by atoms with Crippen molar-refractivity contribution in [3.63, 3.8) is 0 Å². The van der Waals surface area contributed by atoms with Gasteiger partial charge in [0.25, 0.3) is 10.9 Å². The van der Waals surface area contributed by atoms with E-state index < -0.39 is 10.9 Å². The molecule has 9 heteroatoms. The Morgan fingerprint density at radius 1 is 0.452 bits per heavy atom. The molecule has 0 aliphatic rings. The summed E-state index contributed by atoms with van der Waals surface area (Å²) in [6, 6.07) is 0. The fraction of sp³-hybridized carbons (Fsp3) is 0.887. The number of anilines is 2. The molecular formula is C53H99N3O6. The van der Waals surface area contributed by atoms with Gasteiger partial charge >= 0.3 is 11.9 Å². The van der Waals surface area contributed by atoms with Crippen LogP contribution in [0.2, 0.25) is 0 Å². The Bertz CT molecular complexity index is 1260. The standard InChI is InChI=1S/C53H99N3O6/c1-6-10-13-16-19-24-31-39-47(38-30-23-18-15-12-8-3)62-49(58)41-33-26-21-28-35-44-56(45-36-42-55-51-50(54-5)52(59)53(51)60)43-34-27-20-25-32-40-48(57)61-46(9-4)37-29-22-17-14-11-7-2/h46-47,54-55H,6-45H2,1-5H3. The van der Waals surface area contributed by atoms with Crippen molar-refractivity contribution in [1.82, 2.24) is 4.90 Å². The lowest BCUT2D eigenvalue weighted by atomic mass is 10.0. The minimum absolute atomic E-state index is 0.00171. The van der Waals surface area contributed by atoms with E-state index in [4.69, 9.17) is 9.47 Å². The first-order valence-corrected chi connectivity index (χ1v) is 26.7. The van der Waals surface area contributed by atoms with Gasteiger partial charge in [-0.15, -0.1) is 0 Å². The van der Waals surface area contributed by atoms with E-state index in [1.165, 1.54) is 116 Å². The molecule has 0 bridgehead atoms. The van der Waals surface area contributed by atoms with Gasteiger partial charge in [0, 0.05) is 26.4 Å². The van der Waals surface area contributed by atoms with E-state index >= 15 is 0 Å². The van der Waals surface area contributed by atoms with Gasteiger partial charge in [-0.2, -0.15) is 0 Å². The van der Waals surface area contributed by atoms with E-state index in [0.717, 1.165) is 122 Å². The average Bonchev–Trinajstić information content (AvgIpc) is 3.27. The monoisotopic (exact) mass is 874 g/mol. The molecule has 1 aromatic rings. The van der Waals surface area contributed by atoms with Crippen LogP contribution in [0, 0.1) is 0 Å². The van der Waals surface area contributed by atoms with Gasteiger partial charge in [-0.1, -0.05) is 169 Å². The van der Waals surface area contributed by atoms with E-state index in [2.05, 4.69) is 43.2 Å². The fourth-order valence-corrected chi connectivity index (χ4v) is 8.65. The topological polar surface area (TPSA) is 114 Å². The fourth-order valence-electron chi connectivity index (χ4n) is 8.65. The van der Waals surface area contributed by atoms with Crippen molar-refractivity contribution in [2.24, 2.45) is 0 Å². The van der Waals surface area contributed by atoms with Crippen molar-refractivity contribution in [2.75, 3.05) is 43.9 Å². The highest BCUT2D eigenvalue weighted by molar-refractivity contribution is 5.73. The largest absolute Gasteiger partial charge is 0.462 e. The number of unbranched alkanes of at least 4 members (excludes halogenated alkanes) is 24. The first kappa shape index (κ1) is 57.6. The highest BCUT2D eigenvalue weighted by Crippen LogP contribution is 2.20. The minimum Gasteiger partial charge on any atom is -0.462 e. The van der Waals surface area contributed by atoms with Crippen LogP contribution in [0.4, 0.5) is 11.4 Å². The van der Waals surface area contributed by atoms with Crippen molar-refractivity contribution in [1.29, 1.82) is 0 Å². The predicted molar refractivity (Wildman–Crippen MR) is 264 cm³/mol. The molecule has 0 heterocycles. The molecule has 1 aromatic carbocycles. The van der Waals surface area contributed by atoms with E-state index in [0.29, 0.717) is 30.8 Å². The second-order valence-corrected chi connectivity index (χ2v) is 18.5. The summed E-state index contributed by atoms with van der Waals surface area (Å²) in [6.45, 7) is 12.5. The highest BCUT2D eigenvalue weighted by atomic mass is 16.5. The van der Waals surface area contributed by atoms with Crippen LogP contribution in [0.3, 0.4) is 0 Å². The molecule has 62 heavy (non-hydrogen) atoms. The molecule has 9 nitrogen and oxygen atoms in total. The van der Waals surface area contributed by atoms with Crippen molar-refractivity contribution in [3.05, 3.63) is 20.4 Å². The number of ether oxygens (including phenoxy) is 2. The zero-order chi connectivity index (χ0) is 45.3. The first-order chi connectivity index (χ1) is 30.3. The van der Waals surface area contributed by atoms with Crippen LogP contribution in [0.25, 0.3) is 0 Å². The SMILES string of the molecule is CCCCCCCCCC(CCCCCCCC)OC(=O)CCCCCCCN(CCCCCCCC(=O)OC(CC)CCCCCCCC)CCCNc1c(NC)c(=O)c1=O. The van der Waals surface area contributed by atoms with Crippen LogP contribution >= 0.6 is 0 Å². The number of rotatable bonds is 47. The number of nitrogens with zero attached hydrogens (tertiary/aromatic N) is 1. The Kier molecular flexibility index (Phi) is 38.4. The van der Waals surface area contributed by atoms with Gasteiger partial charge in [0.05, 0.1) is 0 Å². The van der Waals surface area contributed by atoms with Gasteiger partial charge in [0.2, 0.25) is 0 Å². The summed E-state index contributed by atoms with van der Waals surface area (Å²) >= 11 is 0. The molecule has 2 unspecified atom stereocenters. The number of esters is 2. The Hall–Kier alpha value is -2.42. The molecular weight excluding hydrogens is 775 g/mol. The predicted octanol–water partition coefficient (Wildman–Crippen LogP) is 14.0. The first-order valence-electron chi connectivity index (χ1n) is 26.7. The van der Waals surface area contributed by atoms with Crippen LogP contribution in [0.5, 0.6) is 0 Å². The maximum absolute atomic E-state index is 12.9. The van der Waals surface area contributed by atoms with E-state index in [-0.39, 0.29) is 24.1 Å². The molecule has 0 aliphatic heterocycles. The lowest BCUT2D eigenvalue weighted by Crippen LogP contribution is -2.37. The zero-order valence-electron chi connectivity index (χ0n) is 41.3. The molecule has 0 amide bonds. The van der Waals surface area contributed by atoms with Gasteiger partial charge in [-0.3, -0.25) is 19.2 Å². The van der Waals surface area contributed by atoms with Gasteiger partial charge in [-0.05, 0) is 96.7 Å². The van der Waals surface area contributed by atoms with Crippen LogP contribution in [-0.2, 0) is 19.1 Å². The van der Waals surface area contributed by atoms with E-state index in [9.17, 15) is 19.2 Å². The Labute approximate surface area is 381 Å². The van der Waals surface area contributed by atoms with E-state index in [1.807, 2.05) is 0 Å². The summed E-state index contributed by atoms with van der Waals surface area (Å²) in [6.07, 6.45) is 40.9. The molecule has 362 valence electrons. The third-order valence-electron chi connectivity index (χ3n) is 12.8. The molecule has 1 rings (SSSR count). The summed E-state index contributed by atoms with van der Waals surface area (Å²) in [5.41, 5.74) is -0.0577.